The molecule has 0 unspecified atom stereocenters. The Bertz CT molecular complexity index is 3110. The van der Waals surface area contributed by atoms with Crippen LogP contribution >= 0.6 is 0 Å². The number of aromatic nitrogens is 3. The van der Waals surface area contributed by atoms with Gasteiger partial charge in [-0.15, -0.1) is 0 Å². The minimum absolute atomic E-state index is 0.598. The normalized spacial score (nSPS) is 11.9. The van der Waals surface area contributed by atoms with Crippen LogP contribution in [0.25, 0.3) is 110 Å². The highest BCUT2D eigenvalue weighted by Crippen LogP contribution is 2.45. The van der Waals surface area contributed by atoms with Gasteiger partial charge in [0.25, 0.3) is 0 Å². The maximum absolute atomic E-state index is 6.65. The van der Waals surface area contributed by atoms with Gasteiger partial charge in [0.2, 0.25) is 0 Å². The molecule has 0 aliphatic rings. The van der Waals surface area contributed by atoms with Crippen molar-refractivity contribution in [3.8, 4) is 45.3 Å². The zero-order valence-electron chi connectivity index (χ0n) is 27.3. The van der Waals surface area contributed by atoms with E-state index in [1.165, 1.54) is 48.7 Å². The van der Waals surface area contributed by atoms with Gasteiger partial charge in [0.15, 0.2) is 17.5 Å². The lowest BCUT2D eigenvalue weighted by Gasteiger charge is -2.15. The molecule has 0 spiro atoms. The Hall–Kier alpha value is -6.91. The van der Waals surface area contributed by atoms with Crippen LogP contribution in [0, 0.1) is 0 Å². The first kappa shape index (κ1) is 28.0. The highest BCUT2D eigenvalue weighted by Gasteiger charge is 2.20. The molecule has 2 heterocycles. The van der Waals surface area contributed by atoms with Gasteiger partial charge < -0.3 is 4.42 Å². The quantitative estimate of drug-likeness (QED) is 0.141. The topological polar surface area (TPSA) is 51.8 Å². The Balaban J connectivity index is 1.11. The lowest BCUT2D eigenvalue weighted by Crippen LogP contribution is -2.00. The van der Waals surface area contributed by atoms with Crippen molar-refractivity contribution in [2.24, 2.45) is 0 Å². The maximum Gasteiger partial charge on any atom is 0.164 e. The second kappa shape index (κ2) is 10.8. The summed E-state index contributed by atoms with van der Waals surface area (Å²) in [6, 6.07) is 57.3. The molecule has 2 aromatic heterocycles. The monoisotopic (exact) mass is 649 g/mol. The van der Waals surface area contributed by atoms with Crippen LogP contribution in [-0.2, 0) is 0 Å². The summed E-state index contributed by atoms with van der Waals surface area (Å²) >= 11 is 0. The van der Waals surface area contributed by atoms with Crippen molar-refractivity contribution in [1.82, 2.24) is 15.0 Å². The highest BCUT2D eigenvalue weighted by molar-refractivity contribution is 6.39. The standard InChI is InChI=1S/C47H27N3O/c1-3-9-28(10-4-1)29-17-21-33(22-18-29)46-48-45(32-11-5-2-6-12-32)49-47(50-46)34-23-24-37-40(27-34)51-39-26-25-36-35-15-7-13-30-19-20-31-14-8-16-38(42(31)41(30)35)43(36)44(37)39/h1-27H. The number of hydrogen-bond acceptors (Lipinski definition) is 4. The van der Waals surface area contributed by atoms with Crippen LogP contribution in [0.15, 0.2) is 168 Å². The smallest absolute Gasteiger partial charge is 0.164 e. The third kappa shape index (κ3) is 4.30. The van der Waals surface area contributed by atoms with Crippen molar-refractivity contribution in [3.05, 3.63) is 164 Å². The molecular formula is C47H27N3O. The highest BCUT2D eigenvalue weighted by atomic mass is 16.3. The van der Waals surface area contributed by atoms with E-state index in [-0.39, 0.29) is 0 Å². The summed E-state index contributed by atoms with van der Waals surface area (Å²) in [7, 11) is 0. The zero-order chi connectivity index (χ0) is 33.5. The summed E-state index contributed by atoms with van der Waals surface area (Å²) in [5.41, 5.74) is 6.71. The van der Waals surface area contributed by atoms with E-state index < -0.39 is 0 Å². The molecule has 11 aromatic rings. The zero-order valence-corrected chi connectivity index (χ0v) is 27.3. The predicted octanol–water partition coefficient (Wildman–Crippen LogP) is 12.5. The summed E-state index contributed by atoms with van der Waals surface area (Å²) < 4.78 is 6.65. The fourth-order valence-electron chi connectivity index (χ4n) is 7.89. The minimum atomic E-state index is 0.598. The van der Waals surface area contributed by atoms with Crippen LogP contribution in [0.2, 0.25) is 0 Å². The first-order valence-corrected chi connectivity index (χ1v) is 17.2. The van der Waals surface area contributed by atoms with E-state index in [4.69, 9.17) is 19.4 Å². The van der Waals surface area contributed by atoms with Crippen molar-refractivity contribution >= 4 is 65.0 Å². The lowest BCUT2D eigenvalue weighted by atomic mass is 9.88. The molecule has 0 aliphatic heterocycles. The van der Waals surface area contributed by atoms with Gasteiger partial charge in [-0.05, 0) is 73.1 Å². The summed E-state index contributed by atoms with van der Waals surface area (Å²) in [6.07, 6.45) is 0. The van der Waals surface area contributed by atoms with Gasteiger partial charge in [0.05, 0.1) is 0 Å². The van der Waals surface area contributed by atoms with Crippen LogP contribution in [-0.4, -0.2) is 15.0 Å². The number of benzene rings is 9. The van der Waals surface area contributed by atoms with E-state index in [1.807, 2.05) is 36.4 Å². The number of nitrogens with zero attached hydrogens (tertiary/aromatic N) is 3. The molecule has 0 atom stereocenters. The molecule has 4 heteroatoms. The van der Waals surface area contributed by atoms with Crippen LogP contribution in [0.3, 0.4) is 0 Å². The molecule has 0 saturated heterocycles. The fraction of sp³-hybridized carbons (Fsp3) is 0. The van der Waals surface area contributed by atoms with Crippen molar-refractivity contribution < 1.29 is 4.42 Å². The first-order chi connectivity index (χ1) is 25.3. The van der Waals surface area contributed by atoms with Gasteiger partial charge in [-0.2, -0.15) is 0 Å². The second-order valence-corrected chi connectivity index (χ2v) is 13.2. The Labute approximate surface area is 292 Å². The summed E-state index contributed by atoms with van der Waals surface area (Å²) in [6.45, 7) is 0. The molecule has 0 bridgehead atoms. The van der Waals surface area contributed by atoms with E-state index in [1.54, 1.807) is 0 Å². The third-order valence-electron chi connectivity index (χ3n) is 10.3. The van der Waals surface area contributed by atoms with Gasteiger partial charge >= 0.3 is 0 Å². The van der Waals surface area contributed by atoms with Crippen molar-refractivity contribution in [3.63, 3.8) is 0 Å². The lowest BCUT2D eigenvalue weighted by molar-refractivity contribution is 0.669. The molecule has 0 saturated carbocycles. The van der Waals surface area contributed by atoms with E-state index in [0.29, 0.717) is 17.5 Å². The van der Waals surface area contributed by atoms with E-state index >= 15 is 0 Å². The average molecular weight is 650 g/mol. The molecule has 236 valence electrons. The molecule has 0 aliphatic carbocycles. The summed E-state index contributed by atoms with van der Waals surface area (Å²) in [5.74, 6) is 1.85. The maximum atomic E-state index is 6.65. The summed E-state index contributed by atoms with van der Waals surface area (Å²) in [5, 5.41) is 12.3. The molecule has 51 heavy (non-hydrogen) atoms. The van der Waals surface area contributed by atoms with Gasteiger partial charge in [-0.1, -0.05) is 140 Å². The first-order valence-electron chi connectivity index (χ1n) is 17.2. The van der Waals surface area contributed by atoms with Gasteiger partial charge in [0, 0.05) is 32.8 Å². The van der Waals surface area contributed by atoms with Crippen LogP contribution in [0.1, 0.15) is 0 Å². The average Bonchev–Trinajstić information content (AvgIpc) is 3.59. The molecule has 11 rings (SSSR count). The molecule has 0 radical (unpaired) electrons. The minimum Gasteiger partial charge on any atom is -0.456 e. The molecule has 0 fully saturated rings. The molecule has 4 nitrogen and oxygen atoms in total. The van der Waals surface area contributed by atoms with Crippen molar-refractivity contribution in [2.75, 3.05) is 0 Å². The number of furan rings is 1. The van der Waals surface area contributed by atoms with Gasteiger partial charge in [0.1, 0.15) is 11.2 Å². The largest absolute Gasteiger partial charge is 0.456 e. The summed E-state index contributed by atoms with van der Waals surface area (Å²) in [4.78, 5) is 15.0. The fourth-order valence-corrected chi connectivity index (χ4v) is 7.89. The van der Waals surface area contributed by atoms with Crippen molar-refractivity contribution in [1.29, 1.82) is 0 Å². The SMILES string of the molecule is c1ccc(-c2ccc(-c3nc(-c4ccccc4)nc(-c4ccc5c(c4)oc4ccc6c7cccc8ccc9cccc(c9c87)c6c45)n3)cc2)cc1. The van der Waals surface area contributed by atoms with Crippen molar-refractivity contribution in [2.45, 2.75) is 0 Å². The van der Waals surface area contributed by atoms with Crippen LogP contribution in [0.4, 0.5) is 0 Å². The molecule has 0 amide bonds. The Morgan fingerprint density at radius 2 is 0.804 bits per heavy atom. The predicted molar refractivity (Wildman–Crippen MR) is 210 cm³/mol. The van der Waals surface area contributed by atoms with E-state index in [2.05, 4.69) is 127 Å². The third-order valence-corrected chi connectivity index (χ3v) is 10.3. The Morgan fingerprint density at radius 1 is 0.294 bits per heavy atom. The van der Waals surface area contributed by atoms with E-state index in [9.17, 15) is 0 Å². The van der Waals surface area contributed by atoms with Crippen LogP contribution < -0.4 is 0 Å². The van der Waals surface area contributed by atoms with Crippen LogP contribution in [0.5, 0.6) is 0 Å². The number of hydrogen-bond donors (Lipinski definition) is 0. The Morgan fingerprint density at radius 3 is 1.51 bits per heavy atom. The number of fused-ring (bicyclic) bond motifs is 7. The molecular weight excluding hydrogens is 623 g/mol. The Kier molecular flexibility index (Phi) is 5.92. The molecule has 9 aromatic carbocycles. The number of rotatable bonds is 4. The van der Waals surface area contributed by atoms with Gasteiger partial charge in [-0.25, -0.2) is 15.0 Å². The van der Waals surface area contributed by atoms with Gasteiger partial charge in [-0.3, -0.25) is 0 Å². The second-order valence-electron chi connectivity index (χ2n) is 13.2. The van der Waals surface area contributed by atoms with E-state index in [0.717, 1.165) is 44.2 Å². The molecule has 0 N–H and O–H groups in total.